The lowest BCUT2D eigenvalue weighted by Gasteiger charge is -2.05. The first-order valence-electron chi connectivity index (χ1n) is 5.76. The molecule has 4 N–H and O–H groups in total. The van der Waals surface area contributed by atoms with Gasteiger partial charge < -0.3 is 15.8 Å². The molecule has 0 unspecified atom stereocenters. The van der Waals surface area contributed by atoms with Crippen molar-refractivity contribution in [2.45, 2.75) is 6.42 Å². The number of ether oxygens (including phenoxy) is 1. The maximum atomic E-state index is 11.2. The molecule has 2 aromatic rings. The quantitative estimate of drug-likeness (QED) is 0.556. The predicted octanol–water partition coefficient (Wildman–Crippen LogP) is -0.805. The Morgan fingerprint density at radius 3 is 3.22 bits per heavy atom. The van der Waals surface area contributed by atoms with Crippen molar-refractivity contribution in [3.63, 3.8) is 0 Å². The van der Waals surface area contributed by atoms with Crippen molar-refractivity contribution in [1.29, 1.82) is 0 Å². The summed E-state index contributed by atoms with van der Waals surface area (Å²) in [6, 6.07) is 1.71. The van der Waals surface area contributed by atoms with Crippen LogP contribution >= 0.6 is 0 Å². The van der Waals surface area contributed by atoms with E-state index < -0.39 is 0 Å². The molecule has 0 radical (unpaired) electrons. The lowest BCUT2D eigenvalue weighted by molar-refractivity contribution is 0.141. The molecule has 18 heavy (non-hydrogen) atoms. The number of nitrogens with one attached hydrogen (secondary N) is 2. The Kier molecular flexibility index (Phi) is 4.26. The van der Waals surface area contributed by atoms with E-state index in [1.54, 1.807) is 6.07 Å². The molecule has 0 atom stereocenters. The molecule has 2 aromatic heterocycles. The molecular formula is C10H16N6O2. The fourth-order valence-electron chi connectivity index (χ4n) is 1.48. The number of rotatable bonds is 7. The molecule has 2 rings (SSSR count). The Morgan fingerprint density at radius 2 is 2.39 bits per heavy atom. The van der Waals surface area contributed by atoms with E-state index in [-0.39, 0.29) is 5.69 Å². The number of anilines is 1. The first-order valence-corrected chi connectivity index (χ1v) is 5.76. The fraction of sp³-hybridized carbons (Fsp3) is 0.500. The van der Waals surface area contributed by atoms with Gasteiger partial charge in [-0.05, 0) is 6.42 Å². The van der Waals surface area contributed by atoms with Crippen LogP contribution in [0, 0.1) is 0 Å². The van der Waals surface area contributed by atoms with Gasteiger partial charge in [0.15, 0.2) is 5.65 Å². The molecule has 0 saturated carbocycles. The van der Waals surface area contributed by atoms with Crippen molar-refractivity contribution >= 4 is 11.5 Å². The molecule has 8 nitrogen and oxygen atoms in total. The van der Waals surface area contributed by atoms with Crippen molar-refractivity contribution in [2.24, 2.45) is 5.73 Å². The summed E-state index contributed by atoms with van der Waals surface area (Å²) in [6.07, 6.45) is 2.30. The summed E-state index contributed by atoms with van der Waals surface area (Å²) in [5, 5.41) is 9.34. The largest absolute Gasteiger partial charge is 0.380 e. The second-order valence-corrected chi connectivity index (χ2v) is 3.71. The zero-order valence-electron chi connectivity index (χ0n) is 9.93. The minimum Gasteiger partial charge on any atom is -0.380 e. The third-order valence-electron chi connectivity index (χ3n) is 2.34. The van der Waals surface area contributed by atoms with E-state index in [2.05, 4.69) is 20.5 Å². The zero-order chi connectivity index (χ0) is 12.8. The van der Waals surface area contributed by atoms with Crippen LogP contribution in [0.2, 0.25) is 0 Å². The van der Waals surface area contributed by atoms with Crippen LogP contribution in [0.25, 0.3) is 5.65 Å². The molecule has 0 aliphatic heterocycles. The molecule has 0 spiro atoms. The first-order chi connectivity index (χ1) is 8.81. The monoisotopic (exact) mass is 252 g/mol. The van der Waals surface area contributed by atoms with Crippen molar-refractivity contribution in [3.8, 4) is 0 Å². The second kappa shape index (κ2) is 6.12. The highest BCUT2D eigenvalue weighted by molar-refractivity contribution is 5.48. The smallest absolute Gasteiger partial charge is 0.348 e. The number of aromatic amines is 1. The Bertz CT molecular complexity index is 549. The molecule has 0 aliphatic carbocycles. The molecule has 8 heteroatoms. The number of hydrogen-bond acceptors (Lipinski definition) is 6. The van der Waals surface area contributed by atoms with Gasteiger partial charge in [-0.1, -0.05) is 0 Å². The van der Waals surface area contributed by atoms with E-state index in [4.69, 9.17) is 10.5 Å². The van der Waals surface area contributed by atoms with Gasteiger partial charge in [-0.2, -0.15) is 5.10 Å². The first kappa shape index (κ1) is 12.5. The van der Waals surface area contributed by atoms with Gasteiger partial charge in [-0.15, -0.1) is 0 Å². The highest BCUT2D eigenvalue weighted by Gasteiger charge is 2.01. The second-order valence-electron chi connectivity index (χ2n) is 3.71. The van der Waals surface area contributed by atoms with Crippen LogP contribution in [0.5, 0.6) is 0 Å². The lowest BCUT2D eigenvalue weighted by Crippen LogP contribution is -2.13. The van der Waals surface area contributed by atoms with Gasteiger partial charge in [0.2, 0.25) is 0 Å². The van der Waals surface area contributed by atoms with Crippen LogP contribution in [0.1, 0.15) is 6.42 Å². The van der Waals surface area contributed by atoms with Gasteiger partial charge in [0.05, 0.1) is 6.61 Å². The number of fused-ring (bicyclic) bond motifs is 1. The molecule has 2 heterocycles. The predicted molar refractivity (Wildman–Crippen MR) is 66.6 cm³/mol. The summed E-state index contributed by atoms with van der Waals surface area (Å²) in [6.45, 7) is 2.52. The molecule has 0 aliphatic rings. The summed E-state index contributed by atoms with van der Waals surface area (Å²) in [5.41, 5.74) is 5.55. The van der Waals surface area contributed by atoms with Gasteiger partial charge >= 0.3 is 5.69 Å². The number of aromatic nitrogens is 4. The van der Waals surface area contributed by atoms with E-state index >= 15 is 0 Å². The highest BCUT2D eigenvalue weighted by atomic mass is 16.5. The Hall–Kier alpha value is -1.93. The Labute approximate surface area is 103 Å². The minimum absolute atomic E-state index is 0.292. The summed E-state index contributed by atoms with van der Waals surface area (Å²) in [5.74, 6) is 0.681. The molecule has 98 valence electrons. The maximum Gasteiger partial charge on any atom is 0.348 e. The number of nitrogens with zero attached hydrogens (tertiary/aromatic N) is 3. The third kappa shape index (κ3) is 3.05. The van der Waals surface area contributed by atoms with Crippen LogP contribution in [0.4, 0.5) is 5.82 Å². The topological polar surface area (TPSA) is 110 Å². The summed E-state index contributed by atoms with van der Waals surface area (Å²) in [7, 11) is 0. The van der Waals surface area contributed by atoms with E-state index in [0.29, 0.717) is 31.2 Å². The average molecular weight is 252 g/mol. The van der Waals surface area contributed by atoms with Gasteiger partial charge in [-0.3, -0.25) is 0 Å². The normalized spacial score (nSPS) is 10.9. The van der Waals surface area contributed by atoms with Gasteiger partial charge in [0.1, 0.15) is 12.1 Å². The van der Waals surface area contributed by atoms with E-state index in [9.17, 15) is 4.79 Å². The molecule has 0 saturated heterocycles. The minimum atomic E-state index is -0.292. The van der Waals surface area contributed by atoms with Crippen molar-refractivity contribution < 1.29 is 4.74 Å². The molecule has 0 fully saturated rings. The third-order valence-corrected chi connectivity index (χ3v) is 2.34. The average Bonchev–Trinajstić information content (AvgIpc) is 2.75. The fourth-order valence-corrected chi connectivity index (χ4v) is 1.48. The Morgan fingerprint density at radius 1 is 1.50 bits per heavy atom. The van der Waals surface area contributed by atoms with Gasteiger partial charge in [0, 0.05) is 25.8 Å². The highest BCUT2D eigenvalue weighted by Crippen LogP contribution is 2.03. The van der Waals surface area contributed by atoms with E-state index in [1.165, 1.54) is 10.7 Å². The maximum absolute atomic E-state index is 11.2. The van der Waals surface area contributed by atoms with Crippen LogP contribution in [0.15, 0.2) is 17.2 Å². The van der Waals surface area contributed by atoms with E-state index in [0.717, 1.165) is 13.0 Å². The van der Waals surface area contributed by atoms with Crippen LogP contribution in [-0.4, -0.2) is 45.9 Å². The zero-order valence-corrected chi connectivity index (χ0v) is 9.93. The Balaban J connectivity index is 1.83. The number of nitrogens with two attached hydrogens (primary N) is 1. The molecule has 0 aromatic carbocycles. The van der Waals surface area contributed by atoms with Crippen molar-refractivity contribution in [2.75, 3.05) is 31.6 Å². The standard InChI is InChI=1S/C10H16N6O2/c11-2-5-18-4-1-3-12-8-6-9-14-15-10(17)16(9)7-13-8/h6-7,12H,1-5,11H2,(H,15,17). The molecular weight excluding hydrogens is 236 g/mol. The SMILES string of the molecule is NCCOCCCNc1cc2n[nH]c(=O)n2cn1. The number of H-pyrrole nitrogens is 1. The van der Waals surface area contributed by atoms with E-state index in [1.807, 2.05) is 0 Å². The summed E-state index contributed by atoms with van der Waals surface area (Å²) >= 11 is 0. The summed E-state index contributed by atoms with van der Waals surface area (Å²) in [4.78, 5) is 15.3. The van der Waals surface area contributed by atoms with Crippen LogP contribution < -0.4 is 16.7 Å². The van der Waals surface area contributed by atoms with Gasteiger partial charge in [0.25, 0.3) is 0 Å². The van der Waals surface area contributed by atoms with Crippen molar-refractivity contribution in [3.05, 3.63) is 22.9 Å². The van der Waals surface area contributed by atoms with Crippen LogP contribution in [-0.2, 0) is 4.74 Å². The van der Waals surface area contributed by atoms with Crippen LogP contribution in [0.3, 0.4) is 0 Å². The molecule has 0 bridgehead atoms. The van der Waals surface area contributed by atoms with Gasteiger partial charge in [-0.25, -0.2) is 19.3 Å². The number of hydrogen-bond donors (Lipinski definition) is 3. The van der Waals surface area contributed by atoms with Crippen molar-refractivity contribution in [1.82, 2.24) is 19.6 Å². The summed E-state index contributed by atoms with van der Waals surface area (Å²) < 4.78 is 6.59. The molecule has 0 amide bonds. The lowest BCUT2D eigenvalue weighted by atomic mass is 10.4.